The minimum absolute atomic E-state index is 0.0794. The SMILES string of the molecule is COc1ccc(OC)c(C(Cc2cccnc2)NN)c1. The normalized spacial score (nSPS) is 11.9. The Balaban J connectivity index is 2.30. The van der Waals surface area contributed by atoms with Crippen molar-refractivity contribution in [3.05, 3.63) is 53.9 Å². The zero-order valence-electron chi connectivity index (χ0n) is 11.7. The molecule has 3 N–H and O–H groups in total. The fourth-order valence-corrected chi connectivity index (χ4v) is 2.12. The average Bonchev–Trinajstić information content (AvgIpc) is 2.53. The van der Waals surface area contributed by atoms with Crippen molar-refractivity contribution in [2.45, 2.75) is 12.5 Å². The molecule has 1 atom stereocenters. The molecular weight excluding hydrogens is 254 g/mol. The predicted octanol–water partition coefficient (Wildman–Crippen LogP) is 1.85. The van der Waals surface area contributed by atoms with Gasteiger partial charge in [-0.1, -0.05) is 6.07 Å². The van der Waals surface area contributed by atoms with Gasteiger partial charge in [0.1, 0.15) is 11.5 Å². The number of hydrogen-bond acceptors (Lipinski definition) is 5. The molecule has 0 saturated heterocycles. The smallest absolute Gasteiger partial charge is 0.123 e. The Hall–Kier alpha value is -2.11. The summed E-state index contributed by atoms with van der Waals surface area (Å²) in [4.78, 5) is 4.12. The van der Waals surface area contributed by atoms with Crippen LogP contribution < -0.4 is 20.7 Å². The summed E-state index contributed by atoms with van der Waals surface area (Å²) in [5.41, 5.74) is 4.88. The molecule has 0 aliphatic carbocycles. The van der Waals surface area contributed by atoms with Gasteiger partial charge in [-0.3, -0.25) is 16.3 Å². The molecule has 0 aliphatic rings. The van der Waals surface area contributed by atoms with Gasteiger partial charge < -0.3 is 9.47 Å². The maximum absolute atomic E-state index is 5.70. The first-order chi connectivity index (χ1) is 9.78. The molecule has 106 valence electrons. The lowest BCUT2D eigenvalue weighted by atomic mass is 9.99. The zero-order valence-corrected chi connectivity index (χ0v) is 11.7. The second-order valence-electron chi connectivity index (χ2n) is 4.39. The molecular formula is C15H19N3O2. The zero-order chi connectivity index (χ0) is 14.4. The average molecular weight is 273 g/mol. The van der Waals surface area contributed by atoms with Gasteiger partial charge in [-0.15, -0.1) is 0 Å². The van der Waals surface area contributed by atoms with E-state index in [1.165, 1.54) is 0 Å². The van der Waals surface area contributed by atoms with Crippen molar-refractivity contribution in [1.82, 2.24) is 10.4 Å². The Labute approximate surface area is 118 Å². The number of rotatable bonds is 6. The van der Waals surface area contributed by atoms with Gasteiger partial charge in [0.2, 0.25) is 0 Å². The van der Waals surface area contributed by atoms with Crippen molar-refractivity contribution >= 4 is 0 Å². The minimum Gasteiger partial charge on any atom is -0.497 e. The number of hydrazine groups is 1. The molecule has 0 amide bonds. The largest absolute Gasteiger partial charge is 0.497 e. The van der Waals surface area contributed by atoms with Crippen molar-refractivity contribution in [3.8, 4) is 11.5 Å². The Bertz CT molecular complexity index is 546. The third kappa shape index (κ3) is 3.26. The van der Waals surface area contributed by atoms with E-state index in [0.29, 0.717) is 6.42 Å². The van der Waals surface area contributed by atoms with Crippen LogP contribution in [0.25, 0.3) is 0 Å². The molecule has 0 aliphatic heterocycles. The van der Waals surface area contributed by atoms with E-state index in [9.17, 15) is 0 Å². The van der Waals surface area contributed by atoms with Crippen LogP contribution in [0.5, 0.6) is 11.5 Å². The first-order valence-corrected chi connectivity index (χ1v) is 6.35. The number of benzene rings is 1. The summed E-state index contributed by atoms with van der Waals surface area (Å²) in [6.45, 7) is 0. The molecule has 0 saturated carbocycles. The number of pyridine rings is 1. The summed E-state index contributed by atoms with van der Waals surface area (Å²) in [6, 6.07) is 9.52. The van der Waals surface area contributed by atoms with Gasteiger partial charge >= 0.3 is 0 Å². The molecule has 2 rings (SSSR count). The van der Waals surface area contributed by atoms with E-state index >= 15 is 0 Å². The number of nitrogens with zero attached hydrogens (tertiary/aromatic N) is 1. The number of hydrogen-bond donors (Lipinski definition) is 2. The number of nitrogens with two attached hydrogens (primary N) is 1. The summed E-state index contributed by atoms with van der Waals surface area (Å²) in [7, 11) is 3.28. The molecule has 1 aromatic carbocycles. The fraction of sp³-hybridized carbons (Fsp3) is 0.267. The molecule has 1 aromatic heterocycles. The number of nitrogens with one attached hydrogen (secondary N) is 1. The van der Waals surface area contributed by atoms with Crippen LogP contribution in [0.3, 0.4) is 0 Å². The summed E-state index contributed by atoms with van der Waals surface area (Å²) >= 11 is 0. The first kappa shape index (κ1) is 14.3. The maximum Gasteiger partial charge on any atom is 0.123 e. The Kier molecular flexibility index (Phi) is 4.92. The van der Waals surface area contributed by atoms with Crippen LogP contribution in [0, 0.1) is 0 Å². The summed E-state index contributed by atoms with van der Waals surface area (Å²) in [5, 5.41) is 0. The fourth-order valence-electron chi connectivity index (χ4n) is 2.12. The van der Waals surface area contributed by atoms with Crippen LogP contribution in [-0.2, 0) is 6.42 Å². The highest BCUT2D eigenvalue weighted by molar-refractivity contribution is 5.42. The lowest BCUT2D eigenvalue weighted by molar-refractivity contribution is 0.389. The maximum atomic E-state index is 5.70. The van der Waals surface area contributed by atoms with Gasteiger partial charge in [-0.05, 0) is 36.2 Å². The van der Waals surface area contributed by atoms with E-state index in [-0.39, 0.29) is 6.04 Å². The standard InChI is InChI=1S/C15H19N3O2/c1-19-12-5-6-15(20-2)13(9-12)14(18-16)8-11-4-3-7-17-10-11/h3-7,9-10,14,18H,8,16H2,1-2H3. The molecule has 0 fully saturated rings. The summed E-state index contributed by atoms with van der Waals surface area (Å²) in [6.07, 6.45) is 4.30. The Morgan fingerprint density at radius 2 is 2.10 bits per heavy atom. The van der Waals surface area contributed by atoms with Gasteiger partial charge in [-0.2, -0.15) is 0 Å². The number of aromatic nitrogens is 1. The predicted molar refractivity (Wildman–Crippen MR) is 77.6 cm³/mol. The van der Waals surface area contributed by atoms with Crippen molar-refractivity contribution in [2.75, 3.05) is 14.2 Å². The third-order valence-corrected chi connectivity index (χ3v) is 3.18. The lowest BCUT2D eigenvalue weighted by Crippen LogP contribution is -2.30. The number of methoxy groups -OCH3 is 2. The Morgan fingerprint density at radius 3 is 2.70 bits per heavy atom. The molecule has 5 nitrogen and oxygen atoms in total. The van der Waals surface area contributed by atoms with Crippen LogP contribution in [0.15, 0.2) is 42.7 Å². The molecule has 1 heterocycles. The molecule has 5 heteroatoms. The van der Waals surface area contributed by atoms with Gasteiger partial charge in [0.15, 0.2) is 0 Å². The van der Waals surface area contributed by atoms with Gasteiger partial charge in [-0.25, -0.2) is 0 Å². The summed E-state index contributed by atoms with van der Waals surface area (Å²) < 4.78 is 10.7. The molecule has 1 unspecified atom stereocenters. The highest BCUT2D eigenvalue weighted by Gasteiger charge is 2.16. The highest BCUT2D eigenvalue weighted by atomic mass is 16.5. The van der Waals surface area contributed by atoms with Crippen LogP contribution >= 0.6 is 0 Å². The second kappa shape index (κ2) is 6.88. The second-order valence-corrected chi connectivity index (χ2v) is 4.39. The van der Waals surface area contributed by atoms with Crippen LogP contribution in [0.1, 0.15) is 17.2 Å². The van der Waals surface area contributed by atoms with E-state index in [2.05, 4.69) is 10.4 Å². The van der Waals surface area contributed by atoms with Gasteiger partial charge in [0.25, 0.3) is 0 Å². The van der Waals surface area contributed by atoms with Gasteiger partial charge in [0, 0.05) is 18.0 Å². The van der Waals surface area contributed by atoms with E-state index in [1.54, 1.807) is 20.4 Å². The lowest BCUT2D eigenvalue weighted by Gasteiger charge is -2.19. The molecule has 0 radical (unpaired) electrons. The molecule has 0 spiro atoms. The first-order valence-electron chi connectivity index (χ1n) is 6.35. The van der Waals surface area contributed by atoms with Crippen molar-refractivity contribution < 1.29 is 9.47 Å². The molecule has 0 bridgehead atoms. The molecule has 2 aromatic rings. The van der Waals surface area contributed by atoms with Crippen molar-refractivity contribution in [1.29, 1.82) is 0 Å². The minimum atomic E-state index is -0.0794. The van der Waals surface area contributed by atoms with Crippen molar-refractivity contribution in [3.63, 3.8) is 0 Å². The van der Waals surface area contributed by atoms with Gasteiger partial charge in [0.05, 0.1) is 20.3 Å². The number of ether oxygens (including phenoxy) is 2. The monoisotopic (exact) mass is 273 g/mol. The van der Waals surface area contributed by atoms with E-state index in [1.807, 2.05) is 36.5 Å². The van der Waals surface area contributed by atoms with Crippen LogP contribution in [-0.4, -0.2) is 19.2 Å². The van der Waals surface area contributed by atoms with E-state index in [0.717, 1.165) is 22.6 Å². The molecule has 20 heavy (non-hydrogen) atoms. The topological polar surface area (TPSA) is 69.4 Å². The van der Waals surface area contributed by atoms with E-state index in [4.69, 9.17) is 15.3 Å². The van der Waals surface area contributed by atoms with Crippen LogP contribution in [0.4, 0.5) is 0 Å². The van der Waals surface area contributed by atoms with Crippen molar-refractivity contribution in [2.24, 2.45) is 5.84 Å². The van der Waals surface area contributed by atoms with Crippen LogP contribution in [0.2, 0.25) is 0 Å². The van der Waals surface area contributed by atoms with E-state index < -0.39 is 0 Å². The Morgan fingerprint density at radius 1 is 1.25 bits per heavy atom. The summed E-state index contributed by atoms with van der Waals surface area (Å²) in [5.74, 6) is 7.25. The highest BCUT2D eigenvalue weighted by Crippen LogP contribution is 2.30. The third-order valence-electron chi connectivity index (χ3n) is 3.18. The quantitative estimate of drug-likeness (QED) is 0.621.